The van der Waals surface area contributed by atoms with Gasteiger partial charge < -0.3 is 13.6 Å². The largest absolute Gasteiger partial charge is 0.413 e. The first kappa shape index (κ1) is 34.5. The van der Waals surface area contributed by atoms with E-state index < -0.39 is 32.4 Å². The van der Waals surface area contributed by atoms with Crippen molar-refractivity contribution in [2.24, 2.45) is 17.8 Å². The summed E-state index contributed by atoms with van der Waals surface area (Å²) in [6.07, 6.45) is 12.2. The Kier molecular flexibility index (Phi) is 9.88. The minimum absolute atomic E-state index is 0.0694. The van der Waals surface area contributed by atoms with Crippen molar-refractivity contribution in [3.05, 3.63) is 12.2 Å². The lowest BCUT2D eigenvalue weighted by atomic mass is 9.88. The number of hydrogen-bond donors (Lipinski definition) is 0. The zero-order chi connectivity index (χ0) is 30.6. The van der Waals surface area contributed by atoms with Crippen LogP contribution >= 0.6 is 0 Å². The van der Waals surface area contributed by atoms with Crippen molar-refractivity contribution in [2.75, 3.05) is 12.9 Å². The molecule has 3 fully saturated rings. The summed E-state index contributed by atoms with van der Waals surface area (Å²) in [5, 5.41) is 0.302. The molecular weight excluding hydrogens is 557 g/mol. The molecule has 7 atom stereocenters. The molecule has 2 saturated carbocycles. The Morgan fingerprint density at radius 3 is 2.10 bits per heavy atom. The molecule has 234 valence electrons. The van der Waals surface area contributed by atoms with Crippen molar-refractivity contribution in [3.8, 4) is 0 Å². The van der Waals surface area contributed by atoms with E-state index in [1.165, 1.54) is 0 Å². The summed E-state index contributed by atoms with van der Waals surface area (Å²) in [5.41, 5.74) is -0.637. The lowest BCUT2D eigenvalue weighted by molar-refractivity contribution is 0.0630. The third kappa shape index (κ3) is 7.72. The molecule has 2 aliphatic carbocycles. The van der Waals surface area contributed by atoms with E-state index >= 15 is 0 Å². The van der Waals surface area contributed by atoms with Gasteiger partial charge in [-0.3, -0.25) is 4.18 Å². The first-order valence-electron chi connectivity index (χ1n) is 15.5. The van der Waals surface area contributed by atoms with Crippen LogP contribution in [0.25, 0.3) is 0 Å². The molecule has 9 heteroatoms. The van der Waals surface area contributed by atoms with Gasteiger partial charge in [0.05, 0.1) is 30.7 Å². The van der Waals surface area contributed by atoms with Crippen LogP contribution in [0.15, 0.2) is 12.2 Å². The molecule has 3 rings (SSSR count). The van der Waals surface area contributed by atoms with E-state index in [1.807, 2.05) is 0 Å². The number of epoxide rings is 1. The van der Waals surface area contributed by atoms with Crippen molar-refractivity contribution in [1.82, 2.24) is 0 Å². The van der Waals surface area contributed by atoms with E-state index in [0.29, 0.717) is 11.8 Å². The summed E-state index contributed by atoms with van der Waals surface area (Å²) in [7, 11) is -7.40. The fourth-order valence-corrected chi connectivity index (χ4v) is 9.88. The maximum absolute atomic E-state index is 11.7. The number of fused-ring (bicyclic) bond motifs is 3. The lowest BCUT2D eigenvalue weighted by Crippen LogP contribution is -2.48. The molecule has 0 bridgehead atoms. The Morgan fingerprint density at radius 2 is 1.57 bits per heavy atom. The van der Waals surface area contributed by atoms with E-state index in [2.05, 4.69) is 93.7 Å². The molecule has 1 aliphatic heterocycles. The van der Waals surface area contributed by atoms with Gasteiger partial charge in [-0.1, -0.05) is 73.5 Å². The van der Waals surface area contributed by atoms with Gasteiger partial charge in [-0.25, -0.2) is 0 Å². The molecule has 0 aromatic carbocycles. The number of unbranched alkanes of at least 4 members (excludes halogenated alkanes) is 1. The zero-order valence-electron chi connectivity index (χ0n) is 27.8. The smallest absolute Gasteiger partial charge is 0.264 e. The molecule has 0 N–H and O–H groups in total. The molecule has 0 spiro atoms. The predicted molar refractivity (Wildman–Crippen MR) is 170 cm³/mol. The molecule has 0 aromatic rings. The van der Waals surface area contributed by atoms with Crippen LogP contribution in [0.4, 0.5) is 0 Å². The van der Waals surface area contributed by atoms with Crippen LogP contribution in [-0.4, -0.2) is 61.3 Å². The fourth-order valence-electron chi connectivity index (χ4n) is 6.38. The standard InChI is InChI=1S/C31H60O6SSi2/c1-14-15-18-30(8,37-40(12,13)29(5,6)7)19-16-17-23-25-21-31(22-34-38(9,32)33)27(35-31)24(25)20-26(23)36-39(10,11)28(2,3)4/h16-17,23-27H,14-15,18-22H2,1-13H3/t23-,24-,25+,26+,27?,30?,31?/m0/s1. The monoisotopic (exact) mass is 616 g/mol. The number of ether oxygens (including phenoxy) is 1. The minimum atomic E-state index is -3.50. The minimum Gasteiger partial charge on any atom is -0.413 e. The van der Waals surface area contributed by atoms with E-state index in [1.54, 1.807) is 0 Å². The molecule has 1 heterocycles. The highest BCUT2D eigenvalue weighted by Gasteiger charge is 2.71. The molecule has 0 aromatic heterocycles. The lowest BCUT2D eigenvalue weighted by Gasteiger charge is -2.44. The normalized spacial score (nSPS) is 32.8. The highest BCUT2D eigenvalue weighted by molar-refractivity contribution is 7.85. The first-order valence-corrected chi connectivity index (χ1v) is 23.2. The van der Waals surface area contributed by atoms with Crippen molar-refractivity contribution < 1.29 is 26.2 Å². The quantitative estimate of drug-likeness (QED) is 0.0902. The van der Waals surface area contributed by atoms with Crippen LogP contribution < -0.4 is 0 Å². The maximum Gasteiger partial charge on any atom is 0.264 e. The van der Waals surface area contributed by atoms with Crippen LogP contribution in [0.5, 0.6) is 0 Å². The van der Waals surface area contributed by atoms with Gasteiger partial charge >= 0.3 is 0 Å². The average Bonchev–Trinajstić information content (AvgIpc) is 3.26. The molecule has 0 amide bonds. The van der Waals surface area contributed by atoms with E-state index in [-0.39, 0.29) is 40.4 Å². The van der Waals surface area contributed by atoms with E-state index in [4.69, 9.17) is 17.8 Å². The molecule has 1 saturated heterocycles. The summed E-state index contributed by atoms with van der Waals surface area (Å²) in [4.78, 5) is 0. The Hall–Kier alpha value is -0.0362. The summed E-state index contributed by atoms with van der Waals surface area (Å²) in [6, 6.07) is 0. The average molecular weight is 617 g/mol. The summed E-state index contributed by atoms with van der Waals surface area (Å²) in [5.74, 6) is 1.08. The van der Waals surface area contributed by atoms with Gasteiger partial charge in [0.1, 0.15) is 5.60 Å². The van der Waals surface area contributed by atoms with Crippen molar-refractivity contribution in [1.29, 1.82) is 0 Å². The van der Waals surface area contributed by atoms with E-state index in [0.717, 1.165) is 44.8 Å². The number of rotatable bonds is 13. The van der Waals surface area contributed by atoms with Crippen molar-refractivity contribution >= 4 is 26.8 Å². The Bertz CT molecular complexity index is 1030. The highest BCUT2D eigenvalue weighted by Crippen LogP contribution is 2.64. The van der Waals surface area contributed by atoms with Gasteiger partial charge in [0.15, 0.2) is 16.6 Å². The van der Waals surface area contributed by atoms with Crippen molar-refractivity contribution in [2.45, 2.75) is 154 Å². The van der Waals surface area contributed by atoms with Crippen LogP contribution in [-0.2, 0) is 27.9 Å². The van der Waals surface area contributed by atoms with Crippen LogP contribution in [0, 0.1) is 17.8 Å². The second-order valence-corrected chi connectivity index (χ2v) is 27.5. The topological polar surface area (TPSA) is 74.4 Å². The first-order chi connectivity index (χ1) is 18.0. The Labute approximate surface area is 248 Å². The van der Waals surface area contributed by atoms with Gasteiger partial charge in [-0.15, -0.1) is 0 Å². The van der Waals surface area contributed by atoms with Gasteiger partial charge in [0, 0.05) is 5.92 Å². The number of hydrogen-bond acceptors (Lipinski definition) is 6. The Balaban J connectivity index is 1.83. The third-order valence-electron chi connectivity index (χ3n) is 10.8. The molecular formula is C31H60O6SSi2. The highest BCUT2D eigenvalue weighted by atomic mass is 32.2. The summed E-state index contributed by atoms with van der Waals surface area (Å²) < 4.78 is 49.0. The van der Waals surface area contributed by atoms with Gasteiger partial charge in [-0.2, -0.15) is 8.42 Å². The van der Waals surface area contributed by atoms with Crippen LogP contribution in [0.1, 0.15) is 93.9 Å². The maximum atomic E-state index is 11.7. The van der Waals surface area contributed by atoms with Crippen LogP contribution in [0.2, 0.25) is 36.3 Å². The summed E-state index contributed by atoms with van der Waals surface area (Å²) in [6.45, 7) is 27.9. The SMILES string of the molecule is CCCCC(C)(CC=C[C@H]1[C@H]2CC3(COS(C)(=O)=O)OC3[C@H]2C[C@H]1O[Si](C)(C)C(C)(C)C)O[Si](C)(C)C(C)(C)C. The Morgan fingerprint density at radius 1 is 0.975 bits per heavy atom. The van der Waals surface area contributed by atoms with Crippen molar-refractivity contribution in [3.63, 3.8) is 0 Å². The molecule has 40 heavy (non-hydrogen) atoms. The zero-order valence-corrected chi connectivity index (χ0v) is 30.7. The van der Waals surface area contributed by atoms with E-state index in [9.17, 15) is 8.42 Å². The van der Waals surface area contributed by atoms with Crippen LogP contribution in [0.3, 0.4) is 0 Å². The fraction of sp³-hybridized carbons (Fsp3) is 0.935. The van der Waals surface area contributed by atoms with Gasteiger partial charge in [-0.05, 0) is 80.7 Å². The summed E-state index contributed by atoms with van der Waals surface area (Å²) >= 11 is 0. The third-order valence-corrected chi connectivity index (χ3v) is 20.5. The second-order valence-electron chi connectivity index (χ2n) is 16.4. The molecule has 0 radical (unpaired) electrons. The predicted octanol–water partition coefficient (Wildman–Crippen LogP) is 8.06. The van der Waals surface area contributed by atoms with Gasteiger partial charge in [0.2, 0.25) is 0 Å². The molecule has 3 aliphatic rings. The second kappa shape index (κ2) is 11.5. The molecule has 6 nitrogen and oxygen atoms in total. The molecule has 3 unspecified atom stereocenters. The van der Waals surface area contributed by atoms with Gasteiger partial charge in [0.25, 0.3) is 10.1 Å².